The molecule has 1 N–H and O–H groups in total. The van der Waals surface area contributed by atoms with Crippen molar-refractivity contribution >= 4 is 27.3 Å². The predicted molar refractivity (Wildman–Crippen MR) is 113 cm³/mol. The molecule has 0 aromatic heterocycles. The average Bonchev–Trinajstić information content (AvgIpc) is 2.99. The zero-order chi connectivity index (χ0) is 20.9. The normalized spacial score (nSPS) is 14.1. The number of carbonyl (C=O) groups is 1. The summed E-state index contributed by atoms with van der Waals surface area (Å²) >= 11 is 0. The summed E-state index contributed by atoms with van der Waals surface area (Å²) in [5, 5.41) is 0. The van der Waals surface area contributed by atoms with Crippen molar-refractivity contribution in [3.63, 3.8) is 0 Å². The number of sulfonamides is 1. The van der Waals surface area contributed by atoms with E-state index < -0.39 is 15.4 Å². The smallest absolute Gasteiger partial charge is 0.262 e. The van der Waals surface area contributed by atoms with Gasteiger partial charge in [-0.05, 0) is 73.7 Å². The Balaban J connectivity index is 1.89. The molecule has 150 valence electrons. The number of hydrogen-bond acceptors (Lipinski definition) is 3. The van der Waals surface area contributed by atoms with Crippen LogP contribution in [0.2, 0.25) is 0 Å². The summed E-state index contributed by atoms with van der Waals surface area (Å²) in [5.74, 6) is 0.0744. The zero-order valence-electron chi connectivity index (χ0n) is 17.4. The Bertz CT molecular complexity index is 1050. The van der Waals surface area contributed by atoms with Crippen molar-refractivity contribution in [2.24, 2.45) is 5.41 Å². The highest BCUT2D eigenvalue weighted by molar-refractivity contribution is 7.92. The molecule has 0 fully saturated rings. The third-order valence-corrected chi connectivity index (χ3v) is 6.72. The number of nitrogens with zero attached hydrogens (tertiary/aromatic N) is 1. The summed E-state index contributed by atoms with van der Waals surface area (Å²) in [6.07, 6.45) is 0.718. The number of benzene rings is 2. The van der Waals surface area contributed by atoms with Gasteiger partial charge in [-0.25, -0.2) is 8.42 Å². The number of aryl methyl sites for hydroxylation is 3. The van der Waals surface area contributed by atoms with Crippen LogP contribution in [0.25, 0.3) is 0 Å². The van der Waals surface area contributed by atoms with Gasteiger partial charge >= 0.3 is 0 Å². The largest absolute Gasteiger partial charge is 0.311 e. The van der Waals surface area contributed by atoms with E-state index in [9.17, 15) is 13.2 Å². The minimum absolute atomic E-state index is 0.0744. The van der Waals surface area contributed by atoms with Crippen LogP contribution >= 0.6 is 0 Å². The van der Waals surface area contributed by atoms with Gasteiger partial charge in [0.25, 0.3) is 10.0 Å². The van der Waals surface area contributed by atoms with Crippen molar-refractivity contribution in [3.05, 3.63) is 52.6 Å². The number of carbonyl (C=O) groups excluding carboxylic acids is 1. The molecule has 0 atom stereocenters. The molecule has 28 heavy (non-hydrogen) atoms. The first kappa shape index (κ1) is 20.4. The topological polar surface area (TPSA) is 66.5 Å². The number of rotatable bonds is 3. The van der Waals surface area contributed by atoms with Crippen molar-refractivity contribution < 1.29 is 13.2 Å². The lowest BCUT2D eigenvalue weighted by Crippen LogP contribution is -2.38. The molecule has 0 unspecified atom stereocenters. The number of hydrogen-bond donors (Lipinski definition) is 1. The van der Waals surface area contributed by atoms with Crippen LogP contribution in [-0.4, -0.2) is 20.9 Å². The molecule has 5 nitrogen and oxygen atoms in total. The van der Waals surface area contributed by atoms with Crippen LogP contribution in [-0.2, 0) is 21.2 Å². The maximum atomic E-state index is 12.9. The average molecular weight is 401 g/mol. The van der Waals surface area contributed by atoms with E-state index >= 15 is 0 Å². The molecule has 0 spiro atoms. The number of anilines is 2. The quantitative estimate of drug-likeness (QED) is 0.833. The van der Waals surface area contributed by atoms with Crippen LogP contribution in [0.4, 0.5) is 11.4 Å². The summed E-state index contributed by atoms with van der Waals surface area (Å²) < 4.78 is 28.5. The van der Waals surface area contributed by atoms with Gasteiger partial charge in [0.15, 0.2) is 0 Å². The first-order valence-corrected chi connectivity index (χ1v) is 10.9. The lowest BCUT2D eigenvalue weighted by atomic mass is 9.94. The highest BCUT2D eigenvalue weighted by atomic mass is 32.2. The third kappa shape index (κ3) is 3.78. The van der Waals surface area contributed by atoms with E-state index in [1.165, 1.54) is 0 Å². The first-order valence-electron chi connectivity index (χ1n) is 9.46. The Morgan fingerprint density at radius 3 is 2.29 bits per heavy atom. The van der Waals surface area contributed by atoms with Crippen LogP contribution in [0.15, 0.2) is 35.2 Å². The standard InChI is InChI=1S/C22H28N2O3S/c1-14-11-16(3)20(12-15(14)2)28(26,27)23-18-7-8-19-17(13-18)9-10-24(19)21(25)22(4,5)6/h7-8,11-13,23H,9-10H2,1-6H3. The third-order valence-electron chi connectivity index (χ3n) is 5.19. The highest BCUT2D eigenvalue weighted by Crippen LogP contribution is 2.34. The summed E-state index contributed by atoms with van der Waals surface area (Å²) in [4.78, 5) is 14.7. The van der Waals surface area contributed by atoms with Gasteiger partial charge in [0.05, 0.1) is 4.90 Å². The minimum Gasteiger partial charge on any atom is -0.311 e. The van der Waals surface area contributed by atoms with E-state index in [1.54, 1.807) is 24.0 Å². The van der Waals surface area contributed by atoms with Crippen LogP contribution in [0, 0.1) is 26.2 Å². The molecule has 3 rings (SSSR count). The Morgan fingerprint density at radius 1 is 1.00 bits per heavy atom. The fourth-order valence-corrected chi connectivity index (χ4v) is 4.88. The fourth-order valence-electron chi connectivity index (χ4n) is 3.51. The molecule has 6 heteroatoms. The maximum absolute atomic E-state index is 12.9. The van der Waals surface area contributed by atoms with Gasteiger partial charge < -0.3 is 4.90 Å². The van der Waals surface area contributed by atoms with E-state index in [4.69, 9.17) is 0 Å². The second kappa shape index (κ2) is 6.92. The lowest BCUT2D eigenvalue weighted by molar-refractivity contribution is -0.125. The SMILES string of the molecule is Cc1cc(C)c(S(=O)(=O)Nc2ccc3c(c2)CCN3C(=O)C(C)(C)C)cc1C. The Hall–Kier alpha value is -2.34. The van der Waals surface area contributed by atoms with Crippen molar-refractivity contribution in [1.82, 2.24) is 0 Å². The Morgan fingerprint density at radius 2 is 1.64 bits per heavy atom. The summed E-state index contributed by atoms with van der Waals surface area (Å²) in [7, 11) is -3.68. The van der Waals surface area contributed by atoms with Crippen LogP contribution in [0.3, 0.4) is 0 Å². The van der Waals surface area contributed by atoms with Crippen LogP contribution in [0.5, 0.6) is 0 Å². The van der Waals surface area contributed by atoms with E-state index in [2.05, 4.69) is 4.72 Å². The number of nitrogens with one attached hydrogen (secondary N) is 1. The molecular weight excluding hydrogens is 372 g/mol. The molecule has 0 saturated heterocycles. The van der Waals surface area contributed by atoms with Gasteiger partial charge in [0, 0.05) is 23.3 Å². The van der Waals surface area contributed by atoms with Gasteiger partial charge in [-0.15, -0.1) is 0 Å². The molecule has 0 radical (unpaired) electrons. The van der Waals surface area contributed by atoms with Crippen LogP contribution in [0.1, 0.15) is 43.0 Å². The van der Waals surface area contributed by atoms with E-state index in [0.29, 0.717) is 17.1 Å². The van der Waals surface area contributed by atoms with E-state index in [1.807, 2.05) is 52.8 Å². The molecule has 0 saturated carbocycles. The van der Waals surface area contributed by atoms with Gasteiger partial charge in [0.1, 0.15) is 0 Å². The first-order chi connectivity index (χ1) is 12.9. The molecule has 1 amide bonds. The highest BCUT2D eigenvalue weighted by Gasteiger charge is 2.32. The second-order valence-electron chi connectivity index (χ2n) is 8.61. The molecule has 1 heterocycles. The Labute approximate surface area is 167 Å². The van der Waals surface area contributed by atoms with E-state index in [0.717, 1.165) is 34.4 Å². The van der Waals surface area contributed by atoms with Crippen molar-refractivity contribution in [1.29, 1.82) is 0 Å². The van der Waals surface area contributed by atoms with Crippen molar-refractivity contribution in [3.8, 4) is 0 Å². The second-order valence-corrected chi connectivity index (χ2v) is 10.3. The predicted octanol–water partition coefficient (Wildman–Crippen LogP) is 4.35. The van der Waals surface area contributed by atoms with Gasteiger partial charge in [-0.3, -0.25) is 9.52 Å². The monoisotopic (exact) mass is 400 g/mol. The number of fused-ring (bicyclic) bond motifs is 1. The van der Waals surface area contributed by atoms with Gasteiger partial charge in [0.2, 0.25) is 5.91 Å². The molecule has 0 bridgehead atoms. The van der Waals surface area contributed by atoms with Crippen molar-refractivity contribution in [2.45, 2.75) is 52.9 Å². The minimum atomic E-state index is -3.68. The molecule has 2 aromatic carbocycles. The molecule has 0 aliphatic carbocycles. The van der Waals surface area contributed by atoms with Gasteiger partial charge in [-0.2, -0.15) is 0 Å². The molecule has 1 aliphatic heterocycles. The Kier molecular flexibility index (Phi) is 5.04. The molecular formula is C22H28N2O3S. The molecule has 2 aromatic rings. The van der Waals surface area contributed by atoms with Gasteiger partial charge in [-0.1, -0.05) is 26.8 Å². The van der Waals surface area contributed by atoms with Crippen LogP contribution < -0.4 is 9.62 Å². The lowest BCUT2D eigenvalue weighted by Gasteiger charge is -2.26. The summed E-state index contributed by atoms with van der Waals surface area (Å²) in [6.45, 7) is 12.0. The fraction of sp³-hybridized carbons (Fsp3) is 0.409. The zero-order valence-corrected chi connectivity index (χ0v) is 18.2. The molecule has 1 aliphatic rings. The van der Waals surface area contributed by atoms with Crippen molar-refractivity contribution in [2.75, 3.05) is 16.2 Å². The maximum Gasteiger partial charge on any atom is 0.262 e. The summed E-state index contributed by atoms with van der Waals surface area (Å²) in [6, 6.07) is 8.99. The number of amides is 1. The van der Waals surface area contributed by atoms with E-state index in [-0.39, 0.29) is 5.91 Å². The summed E-state index contributed by atoms with van der Waals surface area (Å²) in [5.41, 5.74) is 4.64.